The molecule has 0 nitrogen and oxygen atoms in total. The fourth-order valence-corrected chi connectivity index (χ4v) is 1.67. The molecule has 2 aromatic rings. The van der Waals surface area contributed by atoms with E-state index in [0.717, 1.165) is 12.8 Å². The van der Waals surface area contributed by atoms with Crippen molar-refractivity contribution in [3.05, 3.63) is 83.9 Å². The molecule has 2 aromatic carbocycles. The van der Waals surface area contributed by atoms with Gasteiger partial charge >= 0.3 is 0 Å². The predicted molar refractivity (Wildman–Crippen MR) is 85.4 cm³/mol. The van der Waals surface area contributed by atoms with Crippen LogP contribution in [0.1, 0.15) is 31.4 Å². The molecule has 0 aromatic heterocycles. The smallest absolute Gasteiger partial charge is 0.00973 e. The number of rotatable bonds is 4. The Morgan fingerprint density at radius 1 is 0.632 bits per heavy atom. The van der Waals surface area contributed by atoms with Crippen LogP contribution in [0.3, 0.4) is 0 Å². The minimum Gasteiger partial charge on any atom is -0.0838 e. The summed E-state index contributed by atoms with van der Waals surface area (Å²) in [5.74, 6) is 0. The highest BCUT2D eigenvalue weighted by atomic mass is 13.9. The molecule has 0 amide bonds. The van der Waals surface area contributed by atoms with Crippen molar-refractivity contribution in [1.29, 1.82) is 0 Å². The molecule has 0 unspecified atom stereocenters. The van der Waals surface area contributed by atoms with Crippen LogP contribution >= 0.6 is 0 Å². The first-order valence-corrected chi connectivity index (χ1v) is 7.09. The summed E-state index contributed by atoms with van der Waals surface area (Å²) in [6.07, 6.45) is 7.77. The molecule has 0 atom stereocenters. The van der Waals surface area contributed by atoms with Crippen molar-refractivity contribution in [2.24, 2.45) is 0 Å². The van der Waals surface area contributed by atoms with Gasteiger partial charge in [0.1, 0.15) is 0 Å². The van der Waals surface area contributed by atoms with Gasteiger partial charge in [-0.25, -0.2) is 0 Å². The fraction of sp³-hybridized carbons (Fsp3) is 0.263. The van der Waals surface area contributed by atoms with Gasteiger partial charge < -0.3 is 0 Å². The van der Waals surface area contributed by atoms with Gasteiger partial charge in [0.2, 0.25) is 0 Å². The van der Waals surface area contributed by atoms with Gasteiger partial charge in [-0.3, -0.25) is 0 Å². The fourth-order valence-electron chi connectivity index (χ4n) is 1.67. The second-order valence-corrected chi connectivity index (χ2v) is 4.56. The second kappa shape index (κ2) is 10.1. The maximum atomic E-state index is 2.24. The van der Waals surface area contributed by atoms with Crippen LogP contribution in [0.25, 0.3) is 0 Å². The molecule has 100 valence electrons. The third kappa shape index (κ3) is 7.25. The van der Waals surface area contributed by atoms with Crippen LogP contribution in [0.15, 0.2) is 72.8 Å². The van der Waals surface area contributed by atoms with Crippen molar-refractivity contribution in [3.63, 3.8) is 0 Å². The van der Waals surface area contributed by atoms with Crippen LogP contribution in [-0.2, 0) is 12.8 Å². The van der Waals surface area contributed by atoms with Crippen molar-refractivity contribution in [2.45, 2.75) is 33.1 Å². The lowest BCUT2D eigenvalue weighted by Gasteiger charge is -1.96. The molecule has 0 aliphatic heterocycles. The minimum absolute atomic E-state index is 1.02. The van der Waals surface area contributed by atoms with E-state index in [4.69, 9.17) is 0 Å². The maximum absolute atomic E-state index is 2.24. The van der Waals surface area contributed by atoms with E-state index >= 15 is 0 Å². The summed E-state index contributed by atoms with van der Waals surface area (Å²) < 4.78 is 0. The Morgan fingerprint density at radius 3 is 1.26 bits per heavy atom. The summed E-state index contributed by atoms with van der Waals surface area (Å²) in [4.78, 5) is 0. The maximum Gasteiger partial charge on any atom is -0.00973 e. The second-order valence-electron chi connectivity index (χ2n) is 4.56. The molecule has 0 radical (unpaired) electrons. The van der Waals surface area contributed by atoms with E-state index in [-0.39, 0.29) is 0 Å². The van der Waals surface area contributed by atoms with Crippen LogP contribution in [0.4, 0.5) is 0 Å². The first-order valence-electron chi connectivity index (χ1n) is 7.09. The lowest BCUT2D eigenvalue weighted by Crippen LogP contribution is -1.81. The van der Waals surface area contributed by atoms with E-state index in [1.54, 1.807) is 0 Å². The predicted octanol–water partition coefficient (Wildman–Crippen LogP) is 5.44. The first-order chi connectivity index (χ1) is 9.36. The molecule has 0 fully saturated rings. The Kier molecular flexibility index (Phi) is 8.13. The molecule has 19 heavy (non-hydrogen) atoms. The molecule has 2 rings (SSSR count). The molecule has 0 bridgehead atoms. The highest BCUT2D eigenvalue weighted by Gasteiger charge is 1.87. The van der Waals surface area contributed by atoms with Crippen molar-refractivity contribution >= 4 is 0 Å². The summed E-state index contributed by atoms with van der Waals surface area (Å²) in [5, 5.41) is 0. The van der Waals surface area contributed by atoms with Crippen LogP contribution in [0.2, 0.25) is 0 Å². The lowest BCUT2D eigenvalue weighted by molar-refractivity contribution is 1.09. The largest absolute Gasteiger partial charge is 0.0838 e. The van der Waals surface area contributed by atoms with Crippen molar-refractivity contribution < 1.29 is 0 Å². The molecule has 0 saturated heterocycles. The Bertz CT molecular complexity index is 396. The number of hydrogen-bond acceptors (Lipinski definition) is 0. The van der Waals surface area contributed by atoms with Gasteiger partial charge in [0, 0.05) is 0 Å². The molecule has 0 spiro atoms. The number of benzene rings is 2. The van der Waals surface area contributed by atoms with Gasteiger partial charge in [0.15, 0.2) is 0 Å². The zero-order valence-electron chi connectivity index (χ0n) is 12.0. The molecule has 0 N–H and O–H groups in total. The SMILES string of the molecule is C(=C/Cc1ccccc1)/Cc1ccccc1.CCC. The van der Waals surface area contributed by atoms with Crippen LogP contribution in [0.5, 0.6) is 0 Å². The monoisotopic (exact) mass is 252 g/mol. The van der Waals surface area contributed by atoms with Gasteiger partial charge in [0.05, 0.1) is 0 Å². The molecule has 0 saturated carbocycles. The van der Waals surface area contributed by atoms with E-state index in [0.29, 0.717) is 0 Å². The average Bonchev–Trinajstić information content (AvgIpc) is 2.47. The molecule has 0 aliphatic rings. The molecular weight excluding hydrogens is 228 g/mol. The Balaban J connectivity index is 0.000000550. The number of hydrogen-bond donors (Lipinski definition) is 0. The summed E-state index contributed by atoms with van der Waals surface area (Å²) in [7, 11) is 0. The molecule has 0 heterocycles. The van der Waals surface area contributed by atoms with Crippen LogP contribution < -0.4 is 0 Å². The molecular formula is C19H24. The van der Waals surface area contributed by atoms with E-state index in [2.05, 4.69) is 86.7 Å². The van der Waals surface area contributed by atoms with Gasteiger partial charge in [0.25, 0.3) is 0 Å². The van der Waals surface area contributed by atoms with Gasteiger partial charge in [-0.1, -0.05) is 93.1 Å². The van der Waals surface area contributed by atoms with E-state index < -0.39 is 0 Å². The first kappa shape index (κ1) is 15.2. The third-order valence-corrected chi connectivity index (χ3v) is 2.56. The highest BCUT2D eigenvalue weighted by Crippen LogP contribution is 2.03. The van der Waals surface area contributed by atoms with Gasteiger partial charge in [-0.2, -0.15) is 0 Å². The number of allylic oxidation sites excluding steroid dienone is 2. The zero-order chi connectivity index (χ0) is 13.8. The summed E-state index contributed by atoms with van der Waals surface area (Å²) >= 11 is 0. The van der Waals surface area contributed by atoms with Crippen molar-refractivity contribution in [1.82, 2.24) is 0 Å². The third-order valence-electron chi connectivity index (χ3n) is 2.56. The van der Waals surface area contributed by atoms with Crippen LogP contribution in [-0.4, -0.2) is 0 Å². The summed E-state index contributed by atoms with van der Waals surface area (Å²) in [6.45, 7) is 4.25. The molecule has 0 aliphatic carbocycles. The normalized spacial score (nSPS) is 10.0. The Morgan fingerprint density at radius 2 is 0.947 bits per heavy atom. The summed E-state index contributed by atoms with van der Waals surface area (Å²) in [5.41, 5.74) is 2.73. The summed E-state index contributed by atoms with van der Waals surface area (Å²) in [6, 6.07) is 21.1. The topological polar surface area (TPSA) is 0 Å². The Labute approximate surface area is 117 Å². The standard InChI is InChI=1S/C16H16.C3H8/c1-3-9-15(10-4-1)13-7-8-14-16-11-5-2-6-12-16;1-3-2/h1-12H,13-14H2;3H2,1-2H3/b8-7-;. The van der Waals surface area contributed by atoms with Crippen LogP contribution in [0, 0.1) is 0 Å². The Hall–Kier alpha value is -1.82. The van der Waals surface area contributed by atoms with E-state index in [1.165, 1.54) is 17.5 Å². The van der Waals surface area contributed by atoms with Gasteiger partial charge in [-0.05, 0) is 24.0 Å². The highest BCUT2D eigenvalue weighted by molar-refractivity contribution is 5.20. The lowest BCUT2D eigenvalue weighted by atomic mass is 10.1. The zero-order valence-corrected chi connectivity index (χ0v) is 12.0. The quantitative estimate of drug-likeness (QED) is 0.635. The van der Waals surface area contributed by atoms with E-state index in [1.807, 2.05) is 0 Å². The van der Waals surface area contributed by atoms with Crippen molar-refractivity contribution in [2.75, 3.05) is 0 Å². The van der Waals surface area contributed by atoms with Gasteiger partial charge in [-0.15, -0.1) is 0 Å². The molecule has 0 heteroatoms. The van der Waals surface area contributed by atoms with Crippen molar-refractivity contribution in [3.8, 4) is 0 Å². The minimum atomic E-state index is 1.02. The average molecular weight is 252 g/mol. The van der Waals surface area contributed by atoms with E-state index in [9.17, 15) is 0 Å².